The van der Waals surface area contributed by atoms with E-state index in [0.29, 0.717) is 19.4 Å². The van der Waals surface area contributed by atoms with Crippen molar-refractivity contribution in [3.8, 4) is 0 Å². The molecule has 0 saturated carbocycles. The zero-order valence-corrected chi connectivity index (χ0v) is 26.9. The maximum atomic E-state index is 11.3. The van der Waals surface area contributed by atoms with Gasteiger partial charge in [0.1, 0.15) is 48.8 Å². The molecule has 2 aliphatic heterocycles. The fourth-order valence-corrected chi connectivity index (χ4v) is 5.52. The number of hydrogen-bond acceptors (Lipinski definition) is 13. The van der Waals surface area contributed by atoms with Gasteiger partial charge in [-0.05, 0) is 52.4 Å². The number of carbonyl (C=O) groups is 1. The van der Waals surface area contributed by atoms with Crippen molar-refractivity contribution in [3.05, 3.63) is 12.2 Å². The topological polar surface area (TPSA) is 205 Å². The minimum atomic E-state index is -1.71. The summed E-state index contributed by atoms with van der Waals surface area (Å²) in [6.07, 6.45) is 2.29. The van der Waals surface area contributed by atoms with Crippen molar-refractivity contribution < 1.29 is 64.2 Å². The molecule has 0 radical (unpaired) electrons. The van der Waals surface area contributed by atoms with Crippen molar-refractivity contribution in [2.45, 2.75) is 165 Å². The number of carbonyl (C=O) groups excluding carboxylic acids is 1. The summed E-state index contributed by atoms with van der Waals surface area (Å²) in [6.45, 7) is 2.87. The van der Waals surface area contributed by atoms with Gasteiger partial charge in [0.2, 0.25) is 0 Å². The number of rotatable bonds is 22. The van der Waals surface area contributed by atoms with E-state index in [1.165, 1.54) is 6.42 Å². The molecule has 2 rings (SSSR count). The summed E-state index contributed by atoms with van der Waals surface area (Å²) < 4.78 is 27.7. The van der Waals surface area contributed by atoms with Crippen LogP contribution in [-0.4, -0.2) is 129 Å². The second-order valence-corrected chi connectivity index (χ2v) is 12.0. The summed E-state index contributed by atoms with van der Waals surface area (Å²) in [5, 5.41) is 70.7. The molecule has 2 fully saturated rings. The summed E-state index contributed by atoms with van der Waals surface area (Å²) in [6, 6.07) is 0. The molecule has 7 N–H and O–H groups in total. The van der Waals surface area contributed by atoms with Crippen LogP contribution in [0, 0.1) is 0 Å². The lowest BCUT2D eigenvalue weighted by Gasteiger charge is -2.46. The van der Waals surface area contributed by atoms with Gasteiger partial charge in [-0.1, -0.05) is 50.7 Å². The normalized spacial score (nSPS) is 33.0. The monoisotopic (exact) mass is 650 g/mol. The van der Waals surface area contributed by atoms with Gasteiger partial charge in [0.15, 0.2) is 12.6 Å². The third-order valence-corrected chi connectivity index (χ3v) is 8.29. The summed E-state index contributed by atoms with van der Waals surface area (Å²) in [5.74, 6) is -0.104. The van der Waals surface area contributed by atoms with Crippen molar-refractivity contribution in [1.82, 2.24) is 0 Å². The van der Waals surface area contributed by atoms with Crippen molar-refractivity contribution in [1.29, 1.82) is 0 Å². The number of ether oxygens (including phenoxy) is 5. The van der Waals surface area contributed by atoms with Crippen molar-refractivity contribution in [2.75, 3.05) is 19.8 Å². The van der Waals surface area contributed by atoms with Crippen LogP contribution in [0.25, 0.3) is 0 Å². The van der Waals surface area contributed by atoms with Crippen LogP contribution in [-0.2, 0) is 28.5 Å². The van der Waals surface area contributed by atoms with Gasteiger partial charge in [-0.3, -0.25) is 4.79 Å². The summed E-state index contributed by atoms with van der Waals surface area (Å²) in [4.78, 5) is 11.3. The largest absolute Gasteiger partial charge is 0.466 e. The predicted molar refractivity (Wildman–Crippen MR) is 163 cm³/mol. The molecule has 45 heavy (non-hydrogen) atoms. The highest BCUT2D eigenvalue weighted by atomic mass is 16.8. The van der Waals surface area contributed by atoms with E-state index >= 15 is 0 Å². The number of unbranched alkanes of at least 4 members (excludes halogenated alkanes) is 9. The van der Waals surface area contributed by atoms with E-state index in [0.717, 1.165) is 64.2 Å². The maximum absolute atomic E-state index is 11.3. The molecule has 264 valence electrons. The lowest BCUT2D eigenvalue weighted by Crippen LogP contribution is -2.64. The van der Waals surface area contributed by atoms with E-state index in [-0.39, 0.29) is 12.1 Å². The van der Waals surface area contributed by atoms with Crippen LogP contribution < -0.4 is 0 Å². The van der Waals surface area contributed by atoms with E-state index in [9.17, 15) is 40.5 Å². The Balaban J connectivity index is 1.66. The summed E-state index contributed by atoms with van der Waals surface area (Å²) in [7, 11) is 0. The van der Waals surface area contributed by atoms with Crippen LogP contribution in [0.4, 0.5) is 0 Å². The van der Waals surface area contributed by atoms with Crippen molar-refractivity contribution in [3.63, 3.8) is 0 Å². The molecule has 2 aliphatic rings. The van der Waals surface area contributed by atoms with Crippen LogP contribution in [0.5, 0.6) is 0 Å². The van der Waals surface area contributed by atoms with E-state index in [1.807, 2.05) is 13.8 Å². The van der Waals surface area contributed by atoms with Gasteiger partial charge in [0.25, 0.3) is 0 Å². The van der Waals surface area contributed by atoms with E-state index in [4.69, 9.17) is 23.7 Å². The highest BCUT2D eigenvalue weighted by Gasteiger charge is 2.51. The van der Waals surface area contributed by atoms with E-state index < -0.39 is 74.6 Å². The van der Waals surface area contributed by atoms with Crippen LogP contribution in [0.2, 0.25) is 0 Å². The molecule has 0 aromatic heterocycles. The minimum Gasteiger partial charge on any atom is -0.466 e. The molecule has 0 bridgehead atoms. The molecule has 0 aliphatic carbocycles. The second-order valence-electron chi connectivity index (χ2n) is 12.0. The Bertz CT molecular complexity index is 812. The van der Waals surface area contributed by atoms with Gasteiger partial charge in [0.05, 0.1) is 25.9 Å². The van der Waals surface area contributed by atoms with Gasteiger partial charge in [-0.15, -0.1) is 0 Å². The molecule has 0 spiro atoms. The van der Waals surface area contributed by atoms with Crippen LogP contribution in [0.1, 0.15) is 97.3 Å². The number of allylic oxidation sites excluding steroid dienone is 2. The van der Waals surface area contributed by atoms with Crippen LogP contribution >= 0.6 is 0 Å². The third kappa shape index (κ3) is 13.8. The molecular formula is C32H58O13. The first-order chi connectivity index (χ1) is 21.6. The highest BCUT2D eigenvalue weighted by Crippen LogP contribution is 2.30. The van der Waals surface area contributed by atoms with Gasteiger partial charge in [0, 0.05) is 6.42 Å². The number of esters is 1. The molecule has 2 heterocycles. The Hall–Kier alpha value is -1.23. The molecule has 0 aromatic rings. The highest BCUT2D eigenvalue weighted by molar-refractivity contribution is 5.69. The molecule has 11 atom stereocenters. The zero-order chi connectivity index (χ0) is 33.2. The summed E-state index contributed by atoms with van der Waals surface area (Å²) in [5.41, 5.74) is 0. The Morgan fingerprint density at radius 2 is 1.24 bits per heavy atom. The van der Waals surface area contributed by atoms with E-state index in [1.54, 1.807) is 0 Å². The van der Waals surface area contributed by atoms with Crippen molar-refractivity contribution in [2.24, 2.45) is 0 Å². The second kappa shape index (κ2) is 22.4. The molecule has 0 amide bonds. The van der Waals surface area contributed by atoms with Gasteiger partial charge >= 0.3 is 5.97 Å². The standard InChI is InChI=1S/C32H58O13/c1-3-41-24(35)18-16-14-12-10-8-6-4-5-7-9-11-13-15-17-21(2)42-32-30(28(39)26(37)23(20-34)44-32)45-31-29(40)27(38)25(36)22(19-33)43-31/h4-5,21-23,25-34,36-40H,3,6-20H2,1-2H3/b5-4-/t21-,22-,23-,25-,26-,27+,28+,29-,30-,31+,32-/m1/s1. The van der Waals surface area contributed by atoms with Gasteiger partial charge < -0.3 is 59.4 Å². The van der Waals surface area contributed by atoms with E-state index in [2.05, 4.69) is 12.2 Å². The molecule has 13 heteroatoms. The lowest BCUT2D eigenvalue weighted by atomic mass is 9.97. The van der Waals surface area contributed by atoms with Crippen LogP contribution in [0.15, 0.2) is 12.2 Å². The lowest BCUT2D eigenvalue weighted by molar-refractivity contribution is -0.371. The van der Waals surface area contributed by atoms with Crippen molar-refractivity contribution >= 4 is 5.97 Å². The zero-order valence-electron chi connectivity index (χ0n) is 26.9. The molecular weight excluding hydrogens is 592 g/mol. The molecule has 2 saturated heterocycles. The molecule has 13 nitrogen and oxygen atoms in total. The first kappa shape index (κ1) is 39.9. The Morgan fingerprint density at radius 3 is 1.84 bits per heavy atom. The quantitative estimate of drug-likeness (QED) is 0.0501. The smallest absolute Gasteiger partial charge is 0.305 e. The minimum absolute atomic E-state index is 0.104. The Labute approximate surface area is 267 Å². The Morgan fingerprint density at radius 1 is 0.711 bits per heavy atom. The number of aliphatic hydroxyl groups is 7. The average molecular weight is 651 g/mol. The summed E-state index contributed by atoms with van der Waals surface area (Å²) >= 11 is 0. The fraction of sp³-hybridized carbons (Fsp3) is 0.906. The molecule has 0 unspecified atom stereocenters. The predicted octanol–water partition coefficient (Wildman–Crippen LogP) is 1.21. The number of hydrogen-bond donors (Lipinski definition) is 7. The van der Waals surface area contributed by atoms with Gasteiger partial charge in [-0.25, -0.2) is 0 Å². The first-order valence-electron chi connectivity index (χ1n) is 16.7. The Kier molecular flexibility index (Phi) is 19.8. The van der Waals surface area contributed by atoms with Gasteiger partial charge in [-0.2, -0.15) is 0 Å². The SMILES string of the molecule is CCOC(=O)CCCCCCC/C=C\CCCCCC[C@@H](C)O[C@@H]1O[C@H](CO)[C@@H](O)[C@H](O)[C@H]1O[C@@H]1O[C@H](CO)[C@@H](O)[C@H](O)[C@H]1O. The average Bonchev–Trinajstić information content (AvgIpc) is 3.02. The fourth-order valence-electron chi connectivity index (χ4n) is 5.52. The third-order valence-electron chi connectivity index (χ3n) is 8.29. The first-order valence-corrected chi connectivity index (χ1v) is 16.7. The molecule has 0 aromatic carbocycles. The number of aliphatic hydroxyl groups excluding tert-OH is 7. The van der Waals surface area contributed by atoms with Crippen LogP contribution in [0.3, 0.4) is 0 Å². The maximum Gasteiger partial charge on any atom is 0.305 e.